The Balaban J connectivity index is 5.47. The molecule has 0 saturated carbocycles. The average molecular weight is 415 g/mol. The molecule has 0 rings (SSSR count). The van der Waals surface area contributed by atoms with Crippen molar-refractivity contribution in [3.05, 3.63) is 0 Å². The van der Waals surface area contributed by atoms with E-state index in [0.717, 1.165) is 0 Å². The van der Waals surface area contributed by atoms with Crippen LogP contribution in [-0.2, 0) is 19.2 Å². The number of carbonyl (C=O) groups excluding carboxylic acids is 3. The van der Waals surface area contributed by atoms with Gasteiger partial charge >= 0.3 is 5.97 Å². The van der Waals surface area contributed by atoms with Gasteiger partial charge in [0.15, 0.2) is 0 Å². The van der Waals surface area contributed by atoms with Crippen LogP contribution in [-0.4, -0.2) is 53.5 Å². The predicted octanol–water partition coefficient (Wildman–Crippen LogP) is 0.622. The second-order valence-corrected chi connectivity index (χ2v) is 8.04. The van der Waals surface area contributed by atoms with E-state index < -0.39 is 41.8 Å². The molecule has 168 valence electrons. The molecule has 5 atom stereocenters. The van der Waals surface area contributed by atoms with Crippen molar-refractivity contribution >= 4 is 23.7 Å². The van der Waals surface area contributed by atoms with E-state index in [1.165, 1.54) is 0 Å². The van der Waals surface area contributed by atoms with Crippen LogP contribution in [0.4, 0.5) is 0 Å². The Kier molecular flexibility index (Phi) is 12.2. The largest absolute Gasteiger partial charge is 0.480 e. The Morgan fingerprint density at radius 3 is 1.76 bits per heavy atom. The third-order valence-corrected chi connectivity index (χ3v) is 5.11. The molecule has 5 unspecified atom stereocenters. The third kappa shape index (κ3) is 9.25. The molecule has 0 aliphatic heterocycles. The van der Waals surface area contributed by atoms with E-state index in [-0.39, 0.29) is 24.3 Å². The number of amides is 3. The molecule has 9 heteroatoms. The summed E-state index contributed by atoms with van der Waals surface area (Å²) in [6.45, 7) is 10.9. The molecule has 0 saturated heterocycles. The number of hydrogen-bond donors (Lipinski definition) is 5. The van der Waals surface area contributed by atoms with Crippen LogP contribution in [0.5, 0.6) is 0 Å². The maximum Gasteiger partial charge on any atom is 0.326 e. The normalized spacial score (nSPS) is 16.3. The number of aliphatic carboxylic acids is 1. The molecule has 0 aromatic carbocycles. The van der Waals surface area contributed by atoms with Crippen molar-refractivity contribution in [1.29, 1.82) is 0 Å². The van der Waals surface area contributed by atoms with Crippen molar-refractivity contribution in [3.8, 4) is 0 Å². The number of rotatable bonds is 13. The minimum Gasteiger partial charge on any atom is -0.480 e. The SMILES string of the molecule is CCC(C)C(NC(=O)C(CC(C)C)NC(=O)C(NC(=O)CN)C(C)CC)C(=O)O. The molecule has 0 spiro atoms. The number of hydrogen-bond acceptors (Lipinski definition) is 5. The smallest absolute Gasteiger partial charge is 0.326 e. The number of nitrogens with two attached hydrogens (primary N) is 1. The maximum atomic E-state index is 12.8. The van der Waals surface area contributed by atoms with Gasteiger partial charge in [-0.1, -0.05) is 54.4 Å². The van der Waals surface area contributed by atoms with Gasteiger partial charge in [-0.25, -0.2) is 4.79 Å². The van der Waals surface area contributed by atoms with Gasteiger partial charge in [-0.15, -0.1) is 0 Å². The third-order valence-electron chi connectivity index (χ3n) is 5.11. The maximum absolute atomic E-state index is 12.8. The lowest BCUT2D eigenvalue weighted by molar-refractivity contribution is -0.144. The standard InChI is InChI=1S/C20H38N4O5/c1-7-12(5)16(23-15(25)10-21)19(27)22-14(9-11(3)4)18(26)24-17(20(28)29)13(6)8-2/h11-14,16-17H,7-10,21H2,1-6H3,(H,22,27)(H,23,25)(H,24,26)(H,28,29). The van der Waals surface area contributed by atoms with Crippen molar-refractivity contribution in [1.82, 2.24) is 16.0 Å². The first-order valence-corrected chi connectivity index (χ1v) is 10.3. The van der Waals surface area contributed by atoms with Crippen molar-refractivity contribution in [3.63, 3.8) is 0 Å². The van der Waals surface area contributed by atoms with Gasteiger partial charge < -0.3 is 26.8 Å². The van der Waals surface area contributed by atoms with Crippen molar-refractivity contribution in [2.45, 2.75) is 78.9 Å². The monoisotopic (exact) mass is 414 g/mol. The summed E-state index contributed by atoms with van der Waals surface area (Å²) < 4.78 is 0. The van der Waals surface area contributed by atoms with E-state index in [0.29, 0.717) is 19.3 Å². The highest BCUT2D eigenvalue weighted by Gasteiger charge is 2.32. The summed E-state index contributed by atoms with van der Waals surface area (Å²) in [7, 11) is 0. The fourth-order valence-electron chi connectivity index (χ4n) is 2.84. The second-order valence-electron chi connectivity index (χ2n) is 8.04. The van der Waals surface area contributed by atoms with E-state index in [4.69, 9.17) is 5.73 Å². The van der Waals surface area contributed by atoms with Crippen LogP contribution in [0.25, 0.3) is 0 Å². The van der Waals surface area contributed by atoms with Crippen molar-refractivity contribution in [2.75, 3.05) is 6.54 Å². The summed E-state index contributed by atoms with van der Waals surface area (Å²) in [5, 5.41) is 17.3. The second kappa shape index (κ2) is 13.1. The minimum atomic E-state index is -1.12. The van der Waals surface area contributed by atoms with Gasteiger partial charge in [-0.2, -0.15) is 0 Å². The summed E-state index contributed by atoms with van der Waals surface area (Å²) in [6.07, 6.45) is 1.56. The van der Waals surface area contributed by atoms with Gasteiger partial charge in [0, 0.05) is 0 Å². The molecular weight excluding hydrogens is 376 g/mol. The van der Waals surface area contributed by atoms with Gasteiger partial charge in [0.2, 0.25) is 17.7 Å². The molecule has 0 heterocycles. The Morgan fingerprint density at radius 1 is 0.828 bits per heavy atom. The molecule has 0 fully saturated rings. The van der Waals surface area contributed by atoms with Crippen LogP contribution in [0.3, 0.4) is 0 Å². The molecule has 29 heavy (non-hydrogen) atoms. The highest BCUT2D eigenvalue weighted by Crippen LogP contribution is 2.12. The van der Waals surface area contributed by atoms with Crippen LogP contribution in [0, 0.1) is 17.8 Å². The van der Waals surface area contributed by atoms with Crippen LogP contribution in [0.1, 0.15) is 60.8 Å². The van der Waals surface area contributed by atoms with Gasteiger partial charge in [-0.3, -0.25) is 14.4 Å². The number of carbonyl (C=O) groups is 4. The minimum absolute atomic E-state index is 0.0820. The first-order chi connectivity index (χ1) is 13.5. The Morgan fingerprint density at radius 2 is 1.34 bits per heavy atom. The van der Waals surface area contributed by atoms with E-state index in [9.17, 15) is 24.3 Å². The fourth-order valence-corrected chi connectivity index (χ4v) is 2.84. The van der Waals surface area contributed by atoms with Gasteiger partial charge in [0.25, 0.3) is 0 Å². The Labute approximate surface area is 173 Å². The zero-order valence-electron chi connectivity index (χ0n) is 18.5. The lowest BCUT2D eigenvalue weighted by atomic mass is 9.95. The predicted molar refractivity (Wildman–Crippen MR) is 111 cm³/mol. The topological polar surface area (TPSA) is 151 Å². The van der Waals surface area contributed by atoms with Gasteiger partial charge in [0.05, 0.1) is 6.54 Å². The van der Waals surface area contributed by atoms with Crippen LogP contribution < -0.4 is 21.7 Å². The highest BCUT2D eigenvalue weighted by atomic mass is 16.4. The van der Waals surface area contributed by atoms with Crippen molar-refractivity contribution in [2.24, 2.45) is 23.5 Å². The lowest BCUT2D eigenvalue weighted by Crippen LogP contribution is -2.58. The van der Waals surface area contributed by atoms with Gasteiger partial charge in [0.1, 0.15) is 18.1 Å². The van der Waals surface area contributed by atoms with Gasteiger partial charge in [-0.05, 0) is 24.2 Å². The molecule has 6 N–H and O–H groups in total. The summed E-state index contributed by atoms with van der Waals surface area (Å²) in [5.41, 5.74) is 5.34. The zero-order valence-corrected chi connectivity index (χ0v) is 18.5. The number of nitrogens with one attached hydrogen (secondary N) is 3. The zero-order chi connectivity index (χ0) is 22.7. The highest BCUT2D eigenvalue weighted by molar-refractivity contribution is 5.93. The van der Waals surface area contributed by atoms with Crippen LogP contribution >= 0.6 is 0 Å². The van der Waals surface area contributed by atoms with Crippen LogP contribution in [0.2, 0.25) is 0 Å². The summed E-state index contributed by atoms with van der Waals surface area (Å²) in [4.78, 5) is 48.9. The molecule has 0 bridgehead atoms. The van der Waals surface area contributed by atoms with E-state index in [1.807, 2.05) is 34.6 Å². The molecule has 0 radical (unpaired) electrons. The molecule has 0 aliphatic carbocycles. The first-order valence-electron chi connectivity index (χ1n) is 10.3. The molecule has 0 aromatic heterocycles. The Bertz CT molecular complexity index is 567. The first kappa shape index (κ1) is 26.8. The molecular formula is C20H38N4O5. The molecule has 9 nitrogen and oxygen atoms in total. The van der Waals surface area contributed by atoms with E-state index in [2.05, 4.69) is 16.0 Å². The fraction of sp³-hybridized carbons (Fsp3) is 0.800. The van der Waals surface area contributed by atoms with E-state index in [1.54, 1.807) is 6.92 Å². The summed E-state index contributed by atoms with van der Waals surface area (Å²) in [5.74, 6) is -2.96. The number of carboxylic acids is 1. The molecule has 0 aliphatic rings. The number of carboxylic acid groups (broad SMARTS) is 1. The van der Waals surface area contributed by atoms with Crippen molar-refractivity contribution < 1.29 is 24.3 Å². The molecule has 0 aromatic rings. The summed E-state index contributed by atoms with van der Waals surface area (Å²) >= 11 is 0. The quantitative estimate of drug-likeness (QED) is 0.298. The van der Waals surface area contributed by atoms with Crippen LogP contribution in [0.15, 0.2) is 0 Å². The Hall–Kier alpha value is -2.16. The van der Waals surface area contributed by atoms with E-state index >= 15 is 0 Å². The summed E-state index contributed by atoms with van der Waals surface area (Å²) in [6, 6.07) is -2.78. The molecule has 3 amide bonds. The lowest BCUT2D eigenvalue weighted by Gasteiger charge is -2.28. The average Bonchev–Trinajstić information content (AvgIpc) is 2.67.